The van der Waals surface area contributed by atoms with Gasteiger partial charge < -0.3 is 5.11 Å². The number of alkyl halides is 1. The maximum Gasteiger partial charge on any atom is 0.101 e. The van der Waals surface area contributed by atoms with Crippen LogP contribution in [0.5, 0.6) is 0 Å². The summed E-state index contributed by atoms with van der Waals surface area (Å²) in [5, 5.41) is 28.9. The summed E-state index contributed by atoms with van der Waals surface area (Å²) in [7, 11) is 0. The van der Waals surface area contributed by atoms with Crippen molar-refractivity contribution < 1.29 is 5.11 Å². The second-order valence-electron chi connectivity index (χ2n) is 6.97. The Kier molecular flexibility index (Phi) is 8.05. The highest BCUT2D eigenvalue weighted by Gasteiger charge is 2.05. The van der Waals surface area contributed by atoms with E-state index in [2.05, 4.69) is 22.1 Å². The number of hydrogen-bond donors (Lipinski definition) is 1. The summed E-state index contributed by atoms with van der Waals surface area (Å²) in [6.07, 6.45) is 3.51. The first-order chi connectivity index (χ1) is 14.5. The number of aliphatic hydroxyl groups is 1. The molecule has 0 radical (unpaired) electrons. The van der Waals surface area contributed by atoms with Crippen LogP contribution < -0.4 is 0 Å². The zero-order valence-electron chi connectivity index (χ0n) is 16.6. The fourth-order valence-corrected chi connectivity index (χ4v) is 3.34. The Morgan fingerprint density at radius 3 is 1.68 bits per heavy atom. The number of aliphatic hydroxyl groups excluding tert-OH is 1. The second-order valence-corrected chi connectivity index (χ2v) is 7.24. The third-order valence-electron chi connectivity index (χ3n) is 4.54. The molecule has 0 unspecified atom stereocenters. The summed E-state index contributed by atoms with van der Waals surface area (Å²) in [4.78, 5) is 8.48. The third-order valence-corrected chi connectivity index (χ3v) is 4.85. The van der Waals surface area contributed by atoms with Crippen molar-refractivity contribution in [3.63, 3.8) is 0 Å². The number of fused-ring (bicyclic) bond motifs is 2. The van der Waals surface area contributed by atoms with Gasteiger partial charge in [0.05, 0.1) is 28.8 Å². The molecule has 0 aliphatic heterocycles. The molecule has 0 fully saturated rings. The van der Waals surface area contributed by atoms with E-state index in [1.54, 1.807) is 24.5 Å². The highest BCUT2D eigenvalue weighted by Crippen LogP contribution is 2.21. The highest BCUT2D eigenvalue weighted by molar-refractivity contribution is 6.17. The molecule has 0 saturated carbocycles. The van der Waals surface area contributed by atoms with Crippen molar-refractivity contribution in [1.82, 2.24) is 9.97 Å². The van der Waals surface area contributed by atoms with Gasteiger partial charge in [-0.2, -0.15) is 10.5 Å². The van der Waals surface area contributed by atoms with Gasteiger partial charge in [0.25, 0.3) is 0 Å². The molecule has 2 aromatic heterocycles. The number of aryl methyl sites for hydroxylation is 2. The molecule has 4 aromatic rings. The van der Waals surface area contributed by atoms with E-state index >= 15 is 0 Å². The van der Waals surface area contributed by atoms with Gasteiger partial charge in [-0.1, -0.05) is 7.43 Å². The number of nitrogens with zero attached hydrogens (tertiary/aromatic N) is 4. The number of aromatic nitrogens is 2. The summed E-state index contributed by atoms with van der Waals surface area (Å²) in [5.41, 5.74) is 6.36. The molecule has 31 heavy (non-hydrogen) atoms. The minimum Gasteiger partial charge on any atom is -0.392 e. The molecule has 4 rings (SSSR count). The number of halogens is 1. The summed E-state index contributed by atoms with van der Waals surface area (Å²) >= 11 is 5.77. The Hall–Kier alpha value is -3.51. The second kappa shape index (κ2) is 10.5. The molecule has 0 atom stereocenters. The van der Waals surface area contributed by atoms with Crippen molar-refractivity contribution in [2.24, 2.45) is 0 Å². The van der Waals surface area contributed by atoms with Gasteiger partial charge in [0.2, 0.25) is 0 Å². The van der Waals surface area contributed by atoms with Crippen LogP contribution in [0, 0.1) is 36.5 Å². The van der Waals surface area contributed by atoms with Crippen LogP contribution in [0.2, 0.25) is 0 Å². The monoisotopic (exact) mass is 430 g/mol. The largest absolute Gasteiger partial charge is 0.392 e. The van der Waals surface area contributed by atoms with Crippen molar-refractivity contribution in [2.75, 3.05) is 0 Å². The van der Waals surface area contributed by atoms with E-state index in [4.69, 9.17) is 27.2 Å². The lowest BCUT2D eigenvalue weighted by Gasteiger charge is -2.03. The molecule has 0 aliphatic rings. The standard InChI is InChI=1S/C12H9ClN2.C12H10N2O.CH4/c1-8-2-10-3-9(5-13)4-11(6-14)12(10)15-7-8;1-8-2-10-3-9(7-15)4-11(5-13)12(10)14-6-8;/h2-4,7H,5H2,1H3;2-4,6,15H,7H2,1H3;1H4. The van der Waals surface area contributed by atoms with Crippen molar-refractivity contribution in [3.8, 4) is 12.1 Å². The lowest BCUT2D eigenvalue weighted by atomic mass is 10.1. The van der Waals surface area contributed by atoms with E-state index in [1.807, 2.05) is 38.1 Å². The number of benzene rings is 2. The molecule has 6 heteroatoms. The van der Waals surface area contributed by atoms with Gasteiger partial charge in [-0.3, -0.25) is 9.97 Å². The number of pyridine rings is 2. The Bertz CT molecular complexity index is 1220. The molecule has 0 aliphatic carbocycles. The number of rotatable bonds is 2. The van der Waals surface area contributed by atoms with Crippen LogP contribution in [-0.2, 0) is 12.5 Å². The molecule has 156 valence electrons. The van der Waals surface area contributed by atoms with Crippen LogP contribution in [-0.4, -0.2) is 15.1 Å². The third kappa shape index (κ3) is 5.35. The molecule has 0 amide bonds. The average molecular weight is 431 g/mol. The highest BCUT2D eigenvalue weighted by atomic mass is 35.5. The predicted molar refractivity (Wildman–Crippen MR) is 125 cm³/mol. The van der Waals surface area contributed by atoms with Crippen molar-refractivity contribution in [2.45, 2.75) is 33.8 Å². The fourth-order valence-electron chi connectivity index (χ4n) is 3.18. The molecule has 5 nitrogen and oxygen atoms in total. The van der Waals surface area contributed by atoms with Gasteiger partial charge in [-0.25, -0.2) is 0 Å². The first kappa shape index (κ1) is 23.8. The van der Waals surface area contributed by atoms with Crippen LogP contribution in [0.4, 0.5) is 0 Å². The molecule has 0 saturated heterocycles. The number of hydrogen-bond acceptors (Lipinski definition) is 5. The summed E-state index contributed by atoms with van der Waals surface area (Å²) in [6.45, 7) is 3.87. The van der Waals surface area contributed by atoms with Crippen LogP contribution >= 0.6 is 11.6 Å². The topological polar surface area (TPSA) is 93.6 Å². The Balaban J connectivity index is 0.000000213. The first-order valence-corrected chi connectivity index (χ1v) is 9.78. The first-order valence-electron chi connectivity index (χ1n) is 9.24. The van der Waals surface area contributed by atoms with Crippen LogP contribution in [0.15, 0.2) is 48.8 Å². The van der Waals surface area contributed by atoms with Crippen LogP contribution in [0.3, 0.4) is 0 Å². The Morgan fingerprint density at radius 2 is 1.26 bits per heavy atom. The van der Waals surface area contributed by atoms with Gasteiger partial charge in [-0.05, 0) is 72.5 Å². The van der Waals surface area contributed by atoms with Crippen LogP contribution in [0.1, 0.15) is 40.8 Å². The minimum atomic E-state index is -0.0570. The summed E-state index contributed by atoms with van der Waals surface area (Å²) in [6, 6.07) is 15.5. The SMILES string of the molecule is C.Cc1cnc2c(C#N)cc(CCl)cc2c1.Cc1cnc2c(C#N)cc(CO)cc2c1. The van der Waals surface area contributed by atoms with E-state index in [0.717, 1.165) is 38.5 Å². The molecule has 0 bridgehead atoms. The lowest BCUT2D eigenvalue weighted by molar-refractivity contribution is 0.282. The number of nitriles is 2. The molecule has 0 spiro atoms. The molecular formula is C25H23ClN4O. The Morgan fingerprint density at radius 1 is 0.806 bits per heavy atom. The summed E-state index contributed by atoms with van der Waals surface area (Å²) < 4.78 is 0. The molecule has 2 aromatic carbocycles. The molecular weight excluding hydrogens is 408 g/mol. The van der Waals surface area contributed by atoms with E-state index in [1.165, 1.54) is 0 Å². The van der Waals surface area contributed by atoms with E-state index in [0.29, 0.717) is 22.5 Å². The van der Waals surface area contributed by atoms with Gasteiger partial charge in [0.1, 0.15) is 12.1 Å². The predicted octanol–water partition coefficient (Wildman–Crippen LogP) is 5.70. The molecule has 2 heterocycles. The molecule has 1 N–H and O–H groups in total. The fraction of sp³-hybridized carbons (Fsp3) is 0.200. The minimum absolute atomic E-state index is 0. The lowest BCUT2D eigenvalue weighted by Crippen LogP contribution is -1.90. The zero-order chi connectivity index (χ0) is 21.7. The van der Waals surface area contributed by atoms with Crippen LogP contribution in [0.25, 0.3) is 21.8 Å². The van der Waals surface area contributed by atoms with Crippen molar-refractivity contribution >= 4 is 33.4 Å². The maximum atomic E-state index is 9.06. The average Bonchev–Trinajstić information content (AvgIpc) is 2.77. The van der Waals surface area contributed by atoms with Crippen molar-refractivity contribution in [1.29, 1.82) is 10.5 Å². The van der Waals surface area contributed by atoms with E-state index < -0.39 is 0 Å². The summed E-state index contributed by atoms with van der Waals surface area (Å²) in [5.74, 6) is 0.415. The van der Waals surface area contributed by atoms with Gasteiger partial charge in [0.15, 0.2) is 0 Å². The van der Waals surface area contributed by atoms with Gasteiger partial charge in [0, 0.05) is 29.0 Å². The van der Waals surface area contributed by atoms with E-state index in [-0.39, 0.29) is 14.0 Å². The Labute approximate surface area is 187 Å². The van der Waals surface area contributed by atoms with Crippen molar-refractivity contribution in [3.05, 3.63) is 82.2 Å². The van der Waals surface area contributed by atoms with E-state index in [9.17, 15) is 0 Å². The smallest absolute Gasteiger partial charge is 0.101 e. The zero-order valence-corrected chi connectivity index (χ0v) is 17.4. The maximum absolute atomic E-state index is 9.06. The van der Waals surface area contributed by atoms with Gasteiger partial charge >= 0.3 is 0 Å². The quantitative estimate of drug-likeness (QED) is 0.412. The van der Waals surface area contributed by atoms with Gasteiger partial charge in [-0.15, -0.1) is 11.6 Å². The normalized spacial score (nSPS) is 9.87.